The number of nitrogens with zero attached hydrogens (tertiary/aromatic N) is 3. The van der Waals surface area contributed by atoms with Crippen LogP contribution < -0.4 is 4.90 Å². The molecule has 2 aromatic carbocycles. The molecule has 0 aliphatic carbocycles. The van der Waals surface area contributed by atoms with Crippen LogP contribution >= 0.6 is 0 Å². The monoisotopic (exact) mass is 891 g/mol. The van der Waals surface area contributed by atoms with Crippen LogP contribution in [0.1, 0.15) is 96.6 Å². The lowest BCUT2D eigenvalue weighted by atomic mass is 9.75. The third-order valence-corrected chi connectivity index (χ3v) is 13.8. The highest BCUT2D eigenvalue weighted by Gasteiger charge is 2.48. The van der Waals surface area contributed by atoms with Crippen molar-refractivity contribution >= 4 is 65.2 Å². The van der Waals surface area contributed by atoms with E-state index in [-0.39, 0.29) is 38.7 Å². The summed E-state index contributed by atoms with van der Waals surface area (Å²) in [5.41, 5.74) is 2.41. The van der Waals surface area contributed by atoms with E-state index in [0.29, 0.717) is 77.6 Å². The Hall–Kier alpha value is -4.31. The largest absolute Gasteiger partial charge is 0.748 e. The van der Waals surface area contributed by atoms with Crippen molar-refractivity contribution in [3.8, 4) is 0 Å². The van der Waals surface area contributed by atoms with Crippen molar-refractivity contribution in [2.45, 2.75) is 106 Å². The number of allylic oxidation sites excluding steroid dienone is 4. The highest BCUT2D eigenvalue weighted by Crippen LogP contribution is 2.52. The highest BCUT2D eigenvalue weighted by atomic mass is 32.2. The Bertz CT molecular complexity index is 2480. The highest BCUT2D eigenvalue weighted by molar-refractivity contribution is 7.86. The van der Waals surface area contributed by atoms with Crippen molar-refractivity contribution in [3.63, 3.8) is 0 Å². The van der Waals surface area contributed by atoms with Gasteiger partial charge < -0.3 is 28.1 Å². The molecule has 3 aliphatic rings. The predicted octanol–water partition coefficient (Wildman–Crippen LogP) is 4.01. The van der Waals surface area contributed by atoms with Gasteiger partial charge in [-0.25, -0.2) is 30.0 Å². The number of methoxy groups -OCH3 is 1. The van der Waals surface area contributed by atoms with Crippen LogP contribution in [0.5, 0.6) is 0 Å². The minimum atomic E-state index is -4.86. The Kier molecular flexibility index (Phi) is 14.0. The van der Waals surface area contributed by atoms with Crippen molar-refractivity contribution in [2.75, 3.05) is 37.5 Å². The fraction of sp³-hybridized carbons (Fsp3) is 0.500. The number of carbonyl (C=O) groups excluding carboxylic acids is 3. The van der Waals surface area contributed by atoms with Crippen LogP contribution in [0.25, 0.3) is 0 Å². The molecule has 2 unspecified atom stereocenters. The fourth-order valence-corrected chi connectivity index (χ4v) is 9.80. The summed E-state index contributed by atoms with van der Waals surface area (Å²) in [7, 11) is -12.8. The third-order valence-electron chi connectivity index (χ3n) is 11.4. The summed E-state index contributed by atoms with van der Waals surface area (Å²) in [6.45, 7) is 8.46. The average molecular weight is 892 g/mol. The molecule has 20 heteroatoms. The molecule has 0 radical (unpaired) electrons. The van der Waals surface area contributed by atoms with Crippen LogP contribution in [0.3, 0.4) is 0 Å². The number of ether oxygens (including phenoxy) is 1. The summed E-state index contributed by atoms with van der Waals surface area (Å²) >= 11 is 0. The number of hydrogen-bond acceptors (Lipinski definition) is 15. The molecule has 3 aliphatic heterocycles. The average Bonchev–Trinajstić information content (AvgIpc) is 3.68. The maximum atomic E-state index is 12.4. The maximum Gasteiger partial charge on any atom is 0.333 e. The molecule has 328 valence electrons. The second-order valence-electron chi connectivity index (χ2n) is 15.6. The molecule has 0 spiro atoms. The molecule has 60 heavy (non-hydrogen) atoms. The lowest BCUT2D eigenvalue weighted by molar-refractivity contribution is -0.438. The first-order chi connectivity index (χ1) is 27.9. The Balaban J connectivity index is 1.57. The molecular formula is C40H49N3O14S3-2. The van der Waals surface area contributed by atoms with Crippen molar-refractivity contribution in [1.82, 2.24) is 5.06 Å². The molecule has 5 rings (SSSR count). The molecule has 17 nitrogen and oxygen atoms in total. The van der Waals surface area contributed by atoms with Crippen molar-refractivity contribution in [2.24, 2.45) is 0 Å². The van der Waals surface area contributed by atoms with E-state index in [4.69, 9.17) is 9.57 Å². The van der Waals surface area contributed by atoms with E-state index < -0.39 is 74.5 Å². The zero-order valence-electron chi connectivity index (χ0n) is 34.1. The zero-order valence-corrected chi connectivity index (χ0v) is 36.5. The molecule has 2 aromatic rings. The van der Waals surface area contributed by atoms with Crippen LogP contribution in [0, 0.1) is 0 Å². The number of benzene rings is 2. The molecule has 1 saturated heterocycles. The summed E-state index contributed by atoms with van der Waals surface area (Å²) in [6.07, 6.45) is 5.55. The van der Waals surface area contributed by atoms with Gasteiger partial charge in [0.15, 0.2) is 5.71 Å². The molecule has 0 bridgehead atoms. The van der Waals surface area contributed by atoms with E-state index in [0.717, 1.165) is 5.71 Å². The number of hydroxylamine groups is 2. The Morgan fingerprint density at radius 1 is 0.850 bits per heavy atom. The molecule has 0 saturated carbocycles. The number of carbonyl (C=O) groups is 3. The van der Waals surface area contributed by atoms with Crippen molar-refractivity contribution in [3.05, 3.63) is 70.9 Å². The van der Waals surface area contributed by atoms with Crippen molar-refractivity contribution < 1.29 is 67.4 Å². The quantitative estimate of drug-likeness (QED) is 0.0836. The summed E-state index contributed by atoms with van der Waals surface area (Å²) in [6, 6.07) is 8.26. The second-order valence-corrected chi connectivity index (χ2v) is 19.9. The molecule has 2 amide bonds. The molecule has 1 fully saturated rings. The fourth-order valence-electron chi connectivity index (χ4n) is 8.31. The second kappa shape index (κ2) is 18.0. The Morgan fingerprint density at radius 3 is 2.05 bits per heavy atom. The van der Waals surface area contributed by atoms with E-state index in [9.17, 15) is 53.3 Å². The number of imide groups is 1. The molecule has 2 atom stereocenters. The third kappa shape index (κ3) is 10.1. The first-order valence-electron chi connectivity index (χ1n) is 19.5. The van der Waals surface area contributed by atoms with Gasteiger partial charge in [0.05, 0.1) is 25.3 Å². The predicted molar refractivity (Wildman–Crippen MR) is 214 cm³/mol. The number of unbranched alkanes of at least 4 members (excludes halogenated alkanes) is 2. The van der Waals surface area contributed by atoms with Gasteiger partial charge in [0.1, 0.15) is 26.8 Å². The van der Waals surface area contributed by atoms with E-state index in [1.54, 1.807) is 13.0 Å². The Labute approximate surface area is 350 Å². The number of amides is 2. The van der Waals surface area contributed by atoms with Gasteiger partial charge >= 0.3 is 5.97 Å². The maximum absolute atomic E-state index is 12.4. The van der Waals surface area contributed by atoms with E-state index in [2.05, 4.69) is 0 Å². The number of rotatable bonds is 19. The number of likely N-dealkylation sites (N-methyl/N-ethyl adjacent to an activating group) is 1. The van der Waals surface area contributed by atoms with Gasteiger partial charge in [-0.15, -0.1) is 5.06 Å². The zero-order chi connectivity index (χ0) is 44.4. The van der Waals surface area contributed by atoms with Gasteiger partial charge in [0.25, 0.3) is 11.8 Å². The topological polar surface area (TPSA) is 251 Å². The van der Waals surface area contributed by atoms with E-state index in [1.165, 1.54) is 37.4 Å². The standard InChI is InChI=1S/C40H51N3O14S3/c1-6-41-32-14-12-28(59(50,51)52)25-30(32)39(3,18-10-22-58(47,48)49)34(41)23-27(2)24-35-40(4,19-21-56-5)31-26-29(60(53,54)55)13-15-33(31)42(35)20-9-7-8-11-38(46)57-43-36(44)16-17-37(43)45/h12-15,23-26H,6-11,16-22H2,1-5H3,(H2-,47,48,49,50,51,52,53,54,55)/p-2. The minimum Gasteiger partial charge on any atom is -0.748 e. The molecule has 0 N–H and O–H groups in total. The van der Waals surface area contributed by atoms with Gasteiger partial charge in [-0.1, -0.05) is 0 Å². The minimum absolute atomic E-state index is 0.0204. The van der Waals surface area contributed by atoms with Crippen LogP contribution in [-0.4, -0.2) is 105 Å². The van der Waals surface area contributed by atoms with Gasteiger partial charge in [0.2, 0.25) is 5.69 Å². The molecule has 0 aromatic heterocycles. The summed E-state index contributed by atoms with van der Waals surface area (Å²) in [5.74, 6) is -2.52. The summed E-state index contributed by atoms with van der Waals surface area (Å²) < 4.78 is 116. The molecule has 3 heterocycles. The lowest BCUT2D eigenvalue weighted by Crippen LogP contribution is -2.33. The molecular weight excluding hydrogens is 843 g/mol. The normalized spacial score (nSPS) is 21.7. The van der Waals surface area contributed by atoms with Gasteiger partial charge in [-0.3, -0.25) is 9.59 Å². The first-order valence-corrected chi connectivity index (χ1v) is 23.9. The van der Waals surface area contributed by atoms with Gasteiger partial charge in [-0.2, -0.15) is 4.58 Å². The van der Waals surface area contributed by atoms with E-state index in [1.807, 2.05) is 42.4 Å². The summed E-state index contributed by atoms with van der Waals surface area (Å²) in [4.78, 5) is 42.2. The van der Waals surface area contributed by atoms with Crippen LogP contribution in [0.15, 0.2) is 69.6 Å². The lowest BCUT2D eigenvalue weighted by Gasteiger charge is -2.31. The van der Waals surface area contributed by atoms with Crippen LogP contribution in [0.2, 0.25) is 0 Å². The van der Waals surface area contributed by atoms with Gasteiger partial charge in [-0.05, 0) is 107 Å². The SMILES string of the molecule is CCN1/C(=C/C(C)=C/C2=[N+](CCCCCC(=O)ON3C(=O)CCC3=O)c3ccc(S(=O)(=O)[O-])cc3C2(C)CCOC)C(C)(CCCS(=O)(=O)[O-])c2cc(S(=O)(=O)[O-])ccc21. The smallest absolute Gasteiger partial charge is 0.333 e. The van der Waals surface area contributed by atoms with Gasteiger partial charge in [0, 0.05) is 86.2 Å². The first kappa shape index (κ1) is 46.8. The number of hydrogen-bond donors (Lipinski definition) is 0. The van der Waals surface area contributed by atoms with E-state index >= 15 is 0 Å². The number of fused-ring (bicyclic) bond motifs is 2. The Morgan fingerprint density at radius 2 is 1.47 bits per heavy atom. The summed E-state index contributed by atoms with van der Waals surface area (Å²) in [5, 5.41) is 0.504. The van der Waals surface area contributed by atoms with Crippen LogP contribution in [-0.2, 0) is 65.1 Å². The van der Waals surface area contributed by atoms with Crippen molar-refractivity contribution in [1.29, 1.82) is 0 Å². The number of anilines is 1. The van der Waals surface area contributed by atoms with Crippen LogP contribution in [0.4, 0.5) is 11.4 Å².